The van der Waals surface area contributed by atoms with Crippen LogP contribution in [0.1, 0.15) is 43.6 Å². The lowest BCUT2D eigenvalue weighted by atomic mass is 10.1. The lowest BCUT2D eigenvalue weighted by Crippen LogP contribution is -2.17. The zero-order chi connectivity index (χ0) is 18.1. The largest absolute Gasteiger partial charge is 0.487 e. The first-order valence-corrected chi connectivity index (χ1v) is 7.57. The molecular formula is C17H22O7. The zero-order valence-corrected chi connectivity index (χ0v) is 14.3. The number of benzene rings is 1. The van der Waals surface area contributed by atoms with E-state index in [9.17, 15) is 14.4 Å². The van der Waals surface area contributed by atoms with E-state index in [1.54, 1.807) is 6.92 Å². The second kappa shape index (κ2) is 9.54. The summed E-state index contributed by atoms with van der Waals surface area (Å²) in [6.45, 7) is 6.40. The molecule has 0 aromatic heterocycles. The Labute approximate surface area is 140 Å². The molecule has 0 saturated carbocycles. The molecule has 0 bridgehead atoms. The minimum atomic E-state index is -0.536. The number of carbonyl (C=O) groups is 3. The van der Waals surface area contributed by atoms with Crippen molar-refractivity contribution in [1.29, 1.82) is 0 Å². The Morgan fingerprint density at radius 3 is 2.46 bits per heavy atom. The lowest BCUT2D eigenvalue weighted by Gasteiger charge is -2.18. The van der Waals surface area contributed by atoms with E-state index in [1.165, 1.54) is 19.1 Å². The Kier molecular flexibility index (Phi) is 7.74. The van der Waals surface area contributed by atoms with E-state index in [1.807, 2.05) is 13.8 Å². The normalized spacial score (nSPS) is 10.2. The van der Waals surface area contributed by atoms with E-state index in [0.29, 0.717) is 23.2 Å². The first-order valence-electron chi connectivity index (χ1n) is 7.57. The SMILES string of the molecule is CCOC(=O)COc1c(COC(C)=O)cc(C=O)cc1OC(C)C. The molecule has 7 nitrogen and oxygen atoms in total. The highest BCUT2D eigenvalue weighted by molar-refractivity contribution is 5.78. The van der Waals surface area contributed by atoms with Crippen LogP contribution in [-0.4, -0.2) is 37.5 Å². The first kappa shape index (κ1) is 19.5. The molecule has 0 heterocycles. The number of carbonyl (C=O) groups excluding carboxylic acids is 3. The van der Waals surface area contributed by atoms with Gasteiger partial charge >= 0.3 is 11.9 Å². The number of hydrogen-bond acceptors (Lipinski definition) is 7. The molecule has 0 aliphatic heterocycles. The number of hydrogen-bond donors (Lipinski definition) is 0. The van der Waals surface area contributed by atoms with Crippen LogP contribution in [0.15, 0.2) is 12.1 Å². The highest BCUT2D eigenvalue weighted by Gasteiger charge is 2.17. The van der Waals surface area contributed by atoms with Crippen LogP contribution in [0.2, 0.25) is 0 Å². The number of rotatable bonds is 9. The summed E-state index contributed by atoms with van der Waals surface area (Å²) in [6.07, 6.45) is 0.470. The molecule has 0 spiro atoms. The summed E-state index contributed by atoms with van der Waals surface area (Å²) >= 11 is 0. The molecule has 0 saturated heterocycles. The summed E-state index contributed by atoms with van der Waals surface area (Å²) in [7, 11) is 0. The fraction of sp³-hybridized carbons (Fsp3) is 0.471. The first-order chi connectivity index (χ1) is 11.4. The van der Waals surface area contributed by atoms with E-state index in [2.05, 4.69) is 0 Å². The van der Waals surface area contributed by atoms with E-state index >= 15 is 0 Å². The molecule has 0 unspecified atom stereocenters. The molecule has 0 atom stereocenters. The van der Waals surface area contributed by atoms with Crippen molar-refractivity contribution in [2.75, 3.05) is 13.2 Å². The summed E-state index contributed by atoms with van der Waals surface area (Å²) in [5, 5.41) is 0. The smallest absolute Gasteiger partial charge is 0.344 e. The lowest BCUT2D eigenvalue weighted by molar-refractivity contribution is -0.146. The van der Waals surface area contributed by atoms with E-state index < -0.39 is 11.9 Å². The van der Waals surface area contributed by atoms with Crippen LogP contribution in [-0.2, 0) is 25.7 Å². The Morgan fingerprint density at radius 2 is 1.92 bits per heavy atom. The molecule has 0 aliphatic rings. The quantitative estimate of drug-likeness (QED) is 0.504. The van der Waals surface area contributed by atoms with Crippen LogP contribution < -0.4 is 9.47 Å². The van der Waals surface area contributed by atoms with Gasteiger partial charge in [-0.2, -0.15) is 0 Å². The third-order valence-electron chi connectivity index (χ3n) is 2.72. The molecule has 0 radical (unpaired) electrons. The Balaban J connectivity index is 3.16. The maximum atomic E-state index is 11.5. The fourth-order valence-corrected chi connectivity index (χ4v) is 1.88. The molecule has 0 N–H and O–H groups in total. The van der Waals surface area contributed by atoms with E-state index in [4.69, 9.17) is 18.9 Å². The second-order valence-corrected chi connectivity index (χ2v) is 5.17. The monoisotopic (exact) mass is 338 g/mol. The average Bonchev–Trinajstić information content (AvgIpc) is 2.51. The van der Waals surface area contributed by atoms with Crippen LogP contribution in [0, 0.1) is 0 Å². The molecule has 7 heteroatoms. The Bertz CT molecular complexity index is 593. The minimum Gasteiger partial charge on any atom is -0.487 e. The highest BCUT2D eigenvalue weighted by atomic mass is 16.6. The van der Waals surface area contributed by atoms with Crippen molar-refractivity contribution < 1.29 is 33.3 Å². The van der Waals surface area contributed by atoms with Crippen LogP contribution in [0.3, 0.4) is 0 Å². The van der Waals surface area contributed by atoms with Gasteiger partial charge in [-0.05, 0) is 32.9 Å². The maximum absolute atomic E-state index is 11.5. The molecule has 0 aliphatic carbocycles. The Morgan fingerprint density at radius 1 is 1.21 bits per heavy atom. The predicted molar refractivity (Wildman–Crippen MR) is 85.2 cm³/mol. The average molecular weight is 338 g/mol. The van der Waals surface area contributed by atoms with Crippen LogP contribution in [0.25, 0.3) is 0 Å². The van der Waals surface area contributed by atoms with Gasteiger partial charge in [-0.3, -0.25) is 9.59 Å². The van der Waals surface area contributed by atoms with Gasteiger partial charge in [-0.25, -0.2) is 4.79 Å². The number of ether oxygens (including phenoxy) is 4. The summed E-state index contributed by atoms with van der Waals surface area (Å²) in [4.78, 5) is 33.7. The molecular weight excluding hydrogens is 316 g/mol. The van der Waals surface area contributed by atoms with Crippen molar-refractivity contribution in [2.24, 2.45) is 0 Å². The van der Waals surface area contributed by atoms with Crippen LogP contribution >= 0.6 is 0 Å². The van der Waals surface area contributed by atoms with Gasteiger partial charge in [-0.15, -0.1) is 0 Å². The van der Waals surface area contributed by atoms with Gasteiger partial charge in [-0.1, -0.05) is 0 Å². The molecule has 1 aromatic carbocycles. The molecule has 1 rings (SSSR count). The van der Waals surface area contributed by atoms with Gasteiger partial charge in [0.25, 0.3) is 0 Å². The van der Waals surface area contributed by atoms with Gasteiger partial charge in [0.05, 0.1) is 12.7 Å². The van der Waals surface area contributed by atoms with Crippen molar-refractivity contribution in [3.63, 3.8) is 0 Å². The van der Waals surface area contributed by atoms with Gasteiger partial charge in [0.2, 0.25) is 0 Å². The second-order valence-electron chi connectivity index (χ2n) is 5.17. The van der Waals surface area contributed by atoms with Crippen LogP contribution in [0.5, 0.6) is 11.5 Å². The summed E-state index contributed by atoms with van der Waals surface area (Å²) in [5.41, 5.74) is 0.769. The van der Waals surface area contributed by atoms with Crippen molar-refractivity contribution in [3.8, 4) is 11.5 Å². The van der Waals surface area contributed by atoms with Gasteiger partial charge < -0.3 is 18.9 Å². The molecule has 0 amide bonds. The highest BCUT2D eigenvalue weighted by Crippen LogP contribution is 2.34. The summed E-state index contributed by atoms with van der Waals surface area (Å²) < 4.78 is 21.0. The fourth-order valence-electron chi connectivity index (χ4n) is 1.88. The summed E-state index contributed by atoms with van der Waals surface area (Å²) in [6, 6.07) is 3.02. The van der Waals surface area contributed by atoms with Crippen molar-refractivity contribution in [1.82, 2.24) is 0 Å². The number of aldehydes is 1. The van der Waals surface area contributed by atoms with Crippen LogP contribution in [0.4, 0.5) is 0 Å². The van der Waals surface area contributed by atoms with Crippen molar-refractivity contribution in [3.05, 3.63) is 23.3 Å². The van der Waals surface area contributed by atoms with Crippen molar-refractivity contribution in [2.45, 2.75) is 40.4 Å². The predicted octanol–water partition coefficient (Wildman–Crippen LogP) is 2.29. The number of esters is 2. The zero-order valence-electron chi connectivity index (χ0n) is 14.3. The van der Waals surface area contributed by atoms with E-state index in [0.717, 1.165) is 0 Å². The maximum Gasteiger partial charge on any atom is 0.344 e. The standard InChI is InChI=1S/C17H22O7/c1-5-21-16(20)10-23-17-14(9-22-12(4)19)6-13(8-18)7-15(17)24-11(2)3/h6-8,11H,5,9-10H2,1-4H3. The molecule has 0 fully saturated rings. The molecule has 24 heavy (non-hydrogen) atoms. The van der Waals surface area contributed by atoms with Gasteiger partial charge in [0.1, 0.15) is 12.9 Å². The summed E-state index contributed by atoms with van der Waals surface area (Å²) in [5.74, 6) is -0.482. The molecule has 1 aromatic rings. The van der Waals surface area contributed by atoms with Gasteiger partial charge in [0.15, 0.2) is 18.1 Å². The van der Waals surface area contributed by atoms with Crippen molar-refractivity contribution >= 4 is 18.2 Å². The molecule has 132 valence electrons. The topological polar surface area (TPSA) is 88.1 Å². The van der Waals surface area contributed by atoms with Gasteiger partial charge in [0, 0.05) is 18.1 Å². The third kappa shape index (κ3) is 6.28. The van der Waals surface area contributed by atoms with E-state index in [-0.39, 0.29) is 31.7 Å². The third-order valence-corrected chi connectivity index (χ3v) is 2.72. The minimum absolute atomic E-state index is 0.108. The Hall–Kier alpha value is -2.57.